The third-order valence-electron chi connectivity index (χ3n) is 7.83. The number of hydrogen-bond donors (Lipinski definition) is 3. The van der Waals surface area contributed by atoms with Crippen LogP contribution in [-0.4, -0.2) is 94.5 Å². The minimum absolute atomic E-state index is 0.0227. The van der Waals surface area contributed by atoms with Crippen LogP contribution in [0.3, 0.4) is 0 Å². The number of carbonyl (C=O) groups is 4. The Bertz CT molecular complexity index is 1680. The lowest BCUT2D eigenvalue weighted by molar-refractivity contribution is -0.137. The number of aromatic nitrogens is 2. The van der Waals surface area contributed by atoms with Crippen molar-refractivity contribution < 1.29 is 33.4 Å². The molecular weight excluding hydrogens is 656 g/mol. The molecule has 16 heteroatoms. The minimum Gasteiger partial charge on any atom is -0.483 e. The van der Waals surface area contributed by atoms with Gasteiger partial charge in [-0.3, -0.25) is 19.2 Å². The second-order valence-electron chi connectivity index (χ2n) is 10.6. The number of carbonyl (C=O) groups excluding carboxylic acids is 3. The second-order valence-corrected chi connectivity index (χ2v) is 11.4. The standard InChI is InChI=1S/C30H30Cl2FN7O4.CH2O2/c1-38-23(21-4-5-24(44-15-8-34)26(33)25(21)32)17-36-27(38)28(41)37-19-2-3-20(22(31)16-19)30(43)40-13-11-39(12-14-40)29(42)18-6-9-35-10-7-18;2-1-3/h2-5,16-18,35H,6-7,9-15H2,1H3,(H,37,41);1H,(H,2,3). The number of nitrogens with zero attached hydrogens (tertiary/aromatic N) is 5. The van der Waals surface area contributed by atoms with Gasteiger partial charge in [-0.1, -0.05) is 23.2 Å². The number of imidazole rings is 1. The number of rotatable bonds is 7. The number of hydrogen-bond acceptors (Lipinski definition) is 8. The molecule has 47 heavy (non-hydrogen) atoms. The molecule has 2 aromatic carbocycles. The van der Waals surface area contributed by atoms with Crippen molar-refractivity contribution in [3.63, 3.8) is 0 Å². The van der Waals surface area contributed by atoms with E-state index in [0.29, 0.717) is 43.1 Å². The van der Waals surface area contributed by atoms with Gasteiger partial charge in [0.15, 0.2) is 24.0 Å². The normalized spacial score (nSPS) is 14.8. The Labute approximate surface area is 279 Å². The Morgan fingerprint density at radius 1 is 1.15 bits per heavy atom. The molecule has 0 saturated carbocycles. The molecule has 5 rings (SSSR count). The molecule has 3 aromatic rings. The average Bonchev–Trinajstić information content (AvgIpc) is 3.46. The van der Waals surface area contributed by atoms with E-state index in [1.54, 1.807) is 30.1 Å². The molecule has 2 aliphatic heterocycles. The summed E-state index contributed by atoms with van der Waals surface area (Å²) in [7, 11) is 1.58. The molecule has 3 heterocycles. The van der Waals surface area contributed by atoms with Gasteiger partial charge >= 0.3 is 0 Å². The Hall–Kier alpha value is -4.71. The molecule has 0 radical (unpaired) electrons. The first-order chi connectivity index (χ1) is 22.6. The van der Waals surface area contributed by atoms with Crippen molar-refractivity contribution >= 4 is 53.1 Å². The Morgan fingerprint density at radius 2 is 1.81 bits per heavy atom. The molecule has 0 spiro atoms. The highest BCUT2D eigenvalue weighted by Gasteiger charge is 2.30. The number of ether oxygens (including phenoxy) is 1. The lowest BCUT2D eigenvalue weighted by Crippen LogP contribution is -2.52. The van der Waals surface area contributed by atoms with Crippen LogP contribution in [0, 0.1) is 23.1 Å². The molecule has 0 unspecified atom stereocenters. The average molecular weight is 689 g/mol. The monoisotopic (exact) mass is 687 g/mol. The molecule has 2 saturated heterocycles. The molecule has 13 nitrogen and oxygen atoms in total. The van der Waals surface area contributed by atoms with Gasteiger partial charge in [-0.05, 0) is 56.3 Å². The molecule has 0 bridgehead atoms. The van der Waals surface area contributed by atoms with E-state index in [1.165, 1.54) is 29.0 Å². The van der Waals surface area contributed by atoms with Gasteiger partial charge < -0.3 is 34.8 Å². The summed E-state index contributed by atoms with van der Waals surface area (Å²) in [6.07, 6.45) is 3.06. The van der Waals surface area contributed by atoms with E-state index in [1.807, 2.05) is 4.90 Å². The topological polar surface area (TPSA) is 170 Å². The fourth-order valence-corrected chi connectivity index (χ4v) is 5.92. The first-order valence-electron chi connectivity index (χ1n) is 14.6. The van der Waals surface area contributed by atoms with Gasteiger partial charge in [0.2, 0.25) is 5.91 Å². The van der Waals surface area contributed by atoms with E-state index in [9.17, 15) is 18.8 Å². The van der Waals surface area contributed by atoms with Crippen molar-refractivity contribution in [2.45, 2.75) is 12.8 Å². The molecule has 3 N–H and O–H groups in total. The van der Waals surface area contributed by atoms with Gasteiger partial charge in [0.1, 0.15) is 6.07 Å². The Morgan fingerprint density at radius 3 is 2.45 bits per heavy atom. The number of carboxylic acid groups (broad SMARTS) is 1. The quantitative estimate of drug-likeness (QED) is 0.314. The summed E-state index contributed by atoms with van der Waals surface area (Å²) >= 11 is 12.7. The number of benzene rings is 2. The zero-order chi connectivity index (χ0) is 34.1. The fraction of sp³-hybridized carbons (Fsp3) is 0.355. The van der Waals surface area contributed by atoms with Crippen molar-refractivity contribution in [2.24, 2.45) is 13.0 Å². The zero-order valence-electron chi connectivity index (χ0n) is 25.3. The molecule has 0 aliphatic carbocycles. The first kappa shape index (κ1) is 35.1. The number of anilines is 1. The van der Waals surface area contributed by atoms with Crippen LogP contribution >= 0.6 is 23.2 Å². The number of piperazine rings is 1. The van der Waals surface area contributed by atoms with Crippen LogP contribution < -0.4 is 15.4 Å². The summed E-state index contributed by atoms with van der Waals surface area (Å²) in [5.74, 6) is -1.58. The zero-order valence-corrected chi connectivity index (χ0v) is 26.9. The van der Waals surface area contributed by atoms with Crippen molar-refractivity contribution in [3.8, 4) is 23.1 Å². The van der Waals surface area contributed by atoms with Crippen LogP contribution in [0.15, 0.2) is 36.5 Å². The number of nitrogens with one attached hydrogen (secondary N) is 2. The third kappa shape index (κ3) is 8.18. The van der Waals surface area contributed by atoms with Crippen molar-refractivity contribution in [1.82, 2.24) is 24.7 Å². The Balaban J connectivity index is 0.00000160. The summed E-state index contributed by atoms with van der Waals surface area (Å²) in [4.78, 5) is 55.2. The van der Waals surface area contributed by atoms with Crippen LogP contribution in [0.2, 0.25) is 10.0 Å². The van der Waals surface area contributed by atoms with Crippen LogP contribution in [0.1, 0.15) is 33.8 Å². The van der Waals surface area contributed by atoms with Gasteiger partial charge in [-0.2, -0.15) is 5.26 Å². The highest BCUT2D eigenvalue weighted by Crippen LogP contribution is 2.35. The molecule has 3 amide bonds. The first-order valence-corrected chi connectivity index (χ1v) is 15.3. The smallest absolute Gasteiger partial charge is 0.291 e. The molecule has 1 aromatic heterocycles. The molecule has 2 aliphatic rings. The predicted octanol–water partition coefficient (Wildman–Crippen LogP) is 3.67. The highest BCUT2D eigenvalue weighted by molar-refractivity contribution is 6.34. The van der Waals surface area contributed by atoms with Gasteiger partial charge in [-0.25, -0.2) is 9.37 Å². The maximum Gasteiger partial charge on any atom is 0.291 e. The maximum absolute atomic E-state index is 14.7. The largest absolute Gasteiger partial charge is 0.483 e. The van der Waals surface area contributed by atoms with E-state index in [0.717, 1.165) is 25.9 Å². The van der Waals surface area contributed by atoms with Crippen LogP contribution in [0.4, 0.5) is 10.1 Å². The fourth-order valence-electron chi connectivity index (χ4n) is 5.40. The number of piperidine rings is 1. The second kappa shape index (κ2) is 16.2. The van der Waals surface area contributed by atoms with E-state index >= 15 is 0 Å². The van der Waals surface area contributed by atoms with Crippen LogP contribution in [0.5, 0.6) is 5.75 Å². The van der Waals surface area contributed by atoms with E-state index in [-0.39, 0.29) is 58.0 Å². The Kier molecular flexibility index (Phi) is 12.1. The lowest BCUT2D eigenvalue weighted by Gasteiger charge is -2.37. The van der Waals surface area contributed by atoms with Crippen molar-refractivity contribution in [3.05, 3.63) is 63.8 Å². The van der Waals surface area contributed by atoms with E-state index in [2.05, 4.69) is 15.6 Å². The summed E-state index contributed by atoms with van der Waals surface area (Å²) in [5, 5.41) is 21.5. The lowest BCUT2D eigenvalue weighted by atomic mass is 9.96. The van der Waals surface area contributed by atoms with Gasteiger partial charge in [0.05, 0.1) is 27.5 Å². The number of amides is 3. The molecule has 2 fully saturated rings. The molecular formula is C31H32Cl2FN7O6. The van der Waals surface area contributed by atoms with Gasteiger partial charge in [0.25, 0.3) is 18.3 Å². The molecule has 248 valence electrons. The minimum atomic E-state index is -0.830. The van der Waals surface area contributed by atoms with E-state index in [4.69, 9.17) is 43.1 Å². The van der Waals surface area contributed by atoms with Crippen molar-refractivity contribution in [2.75, 3.05) is 51.2 Å². The summed E-state index contributed by atoms with van der Waals surface area (Å²) in [6.45, 7) is 2.88. The third-order valence-corrected chi connectivity index (χ3v) is 8.51. The highest BCUT2D eigenvalue weighted by atomic mass is 35.5. The van der Waals surface area contributed by atoms with Crippen LogP contribution in [-0.2, 0) is 16.6 Å². The predicted molar refractivity (Wildman–Crippen MR) is 171 cm³/mol. The molecule has 0 atom stereocenters. The van der Waals surface area contributed by atoms with Crippen molar-refractivity contribution in [1.29, 1.82) is 5.26 Å². The number of halogens is 3. The summed E-state index contributed by atoms with van der Waals surface area (Å²) in [5.41, 5.74) is 1.30. The SMILES string of the molecule is Cn1c(-c2ccc(OCC#N)c(F)c2Cl)cnc1C(=O)Nc1ccc(C(=O)N2CCN(C(=O)C3CCNCC3)CC2)c(Cl)c1.O=CO. The van der Waals surface area contributed by atoms with Gasteiger partial charge in [-0.15, -0.1) is 0 Å². The number of nitriles is 1. The summed E-state index contributed by atoms with van der Waals surface area (Å²) < 4.78 is 21.2. The van der Waals surface area contributed by atoms with E-state index < -0.39 is 11.7 Å². The van der Waals surface area contributed by atoms with Gasteiger partial charge in [0, 0.05) is 50.4 Å². The van der Waals surface area contributed by atoms with Crippen LogP contribution in [0.25, 0.3) is 11.3 Å². The summed E-state index contributed by atoms with van der Waals surface area (Å²) in [6, 6.07) is 9.23. The maximum atomic E-state index is 14.7.